The molecule has 1 aromatic rings. The topological polar surface area (TPSA) is 12.4 Å². The van der Waals surface area contributed by atoms with Crippen LogP contribution in [0.4, 0.5) is 0 Å². The highest BCUT2D eigenvalue weighted by atomic mass is 14.6. The highest BCUT2D eigenvalue weighted by Crippen LogP contribution is 2.10. The summed E-state index contributed by atoms with van der Waals surface area (Å²) in [6.07, 6.45) is 3.71. The molecule has 1 rings (SSSR count). The van der Waals surface area contributed by atoms with Crippen molar-refractivity contribution in [3.05, 3.63) is 47.2 Å². The van der Waals surface area contributed by atoms with Gasteiger partial charge in [-0.1, -0.05) is 18.7 Å². The van der Waals surface area contributed by atoms with Crippen LogP contribution in [-0.4, -0.2) is 13.3 Å². The Labute approximate surface area is 79.1 Å². The lowest BCUT2D eigenvalue weighted by atomic mass is 10.1. The van der Waals surface area contributed by atoms with Crippen molar-refractivity contribution in [3.63, 3.8) is 0 Å². The van der Waals surface area contributed by atoms with Crippen LogP contribution >= 0.6 is 0 Å². The Balaban J connectivity index is 3.18. The molecule has 1 heteroatoms. The van der Waals surface area contributed by atoms with Crippen molar-refractivity contribution in [2.45, 2.75) is 6.92 Å². The van der Waals surface area contributed by atoms with E-state index in [2.05, 4.69) is 36.4 Å². The number of benzene rings is 1. The van der Waals surface area contributed by atoms with Gasteiger partial charge in [0, 0.05) is 13.3 Å². The smallest absolute Gasteiger partial charge is 0.0284 e. The Morgan fingerprint density at radius 1 is 1.46 bits per heavy atom. The predicted molar refractivity (Wildman–Crippen MR) is 58.3 cm³/mol. The fourth-order valence-electron chi connectivity index (χ4n) is 1.14. The van der Waals surface area contributed by atoms with Crippen LogP contribution in [0.15, 0.2) is 35.5 Å². The first-order valence-electron chi connectivity index (χ1n) is 4.16. The minimum absolute atomic E-state index is 1.11. The van der Waals surface area contributed by atoms with Crippen molar-refractivity contribution >= 4 is 12.3 Å². The van der Waals surface area contributed by atoms with Gasteiger partial charge in [-0.3, -0.25) is 4.99 Å². The summed E-state index contributed by atoms with van der Waals surface area (Å²) in [7, 11) is 1.77. The minimum Gasteiger partial charge on any atom is -0.296 e. The molecule has 0 saturated heterocycles. The molecule has 66 valence electrons. The average Bonchev–Trinajstić information content (AvgIpc) is 2.12. The lowest BCUT2D eigenvalue weighted by Gasteiger charge is -2.00. The summed E-state index contributed by atoms with van der Waals surface area (Å²) in [4.78, 5) is 3.99. The van der Waals surface area contributed by atoms with E-state index >= 15 is 0 Å². The van der Waals surface area contributed by atoms with E-state index in [4.69, 9.17) is 0 Å². The molecule has 1 aromatic carbocycles. The lowest BCUT2D eigenvalue weighted by Crippen LogP contribution is -1.87. The van der Waals surface area contributed by atoms with Crippen LogP contribution in [0.1, 0.15) is 16.7 Å². The van der Waals surface area contributed by atoms with Crippen LogP contribution in [0.3, 0.4) is 0 Å². The maximum atomic E-state index is 3.99. The first kappa shape index (κ1) is 9.50. The van der Waals surface area contributed by atoms with Crippen molar-refractivity contribution < 1.29 is 0 Å². The van der Waals surface area contributed by atoms with Crippen LogP contribution in [0.5, 0.6) is 0 Å². The third-order valence-electron chi connectivity index (χ3n) is 1.84. The van der Waals surface area contributed by atoms with Crippen molar-refractivity contribution in [3.8, 4) is 0 Å². The molecule has 0 heterocycles. The summed E-state index contributed by atoms with van der Waals surface area (Å²) < 4.78 is 0. The van der Waals surface area contributed by atoms with E-state index in [1.807, 2.05) is 18.4 Å². The lowest BCUT2D eigenvalue weighted by molar-refractivity contribution is 1.41. The zero-order chi connectivity index (χ0) is 9.68. The Kier molecular flexibility index (Phi) is 3.24. The first-order chi connectivity index (χ1) is 6.27. The number of aryl methyl sites for hydroxylation is 1. The van der Waals surface area contributed by atoms with Gasteiger partial charge in [-0.25, -0.2) is 0 Å². The minimum atomic E-state index is 1.11. The maximum Gasteiger partial charge on any atom is 0.0284 e. The molecular weight excluding hydrogens is 158 g/mol. The van der Waals surface area contributed by atoms with Gasteiger partial charge in [0.05, 0.1) is 0 Å². The largest absolute Gasteiger partial charge is 0.296 e. The number of aliphatic imine (C=N–C) groups is 1. The van der Waals surface area contributed by atoms with Gasteiger partial charge >= 0.3 is 0 Å². The van der Waals surface area contributed by atoms with Crippen LogP contribution in [0, 0.1) is 6.92 Å². The fourth-order valence-corrected chi connectivity index (χ4v) is 1.14. The zero-order valence-corrected chi connectivity index (χ0v) is 8.04. The van der Waals surface area contributed by atoms with Gasteiger partial charge in [0.1, 0.15) is 0 Å². The molecule has 0 amide bonds. The van der Waals surface area contributed by atoms with Gasteiger partial charge in [0.25, 0.3) is 0 Å². The molecule has 0 radical (unpaired) electrons. The molecule has 0 aliphatic heterocycles. The summed E-state index contributed by atoms with van der Waals surface area (Å²) in [5.41, 5.74) is 6.23. The van der Waals surface area contributed by atoms with E-state index < -0.39 is 0 Å². The van der Waals surface area contributed by atoms with Crippen molar-refractivity contribution in [2.75, 3.05) is 7.05 Å². The number of hydrogen-bond donors (Lipinski definition) is 0. The predicted octanol–water partition coefficient (Wildman–Crippen LogP) is 2.84. The summed E-state index contributed by atoms with van der Waals surface area (Å²) >= 11 is 0. The third-order valence-corrected chi connectivity index (χ3v) is 1.84. The summed E-state index contributed by atoms with van der Waals surface area (Å²) in [5.74, 6) is 0. The number of rotatable bonds is 2. The summed E-state index contributed by atoms with van der Waals surface area (Å²) in [6.45, 7) is 5.61. The average molecular weight is 171 g/mol. The summed E-state index contributed by atoms with van der Waals surface area (Å²) in [6, 6.07) is 6.18. The van der Waals surface area contributed by atoms with Crippen LogP contribution in [0.25, 0.3) is 6.08 Å². The van der Waals surface area contributed by atoms with E-state index in [1.54, 1.807) is 7.05 Å². The normalized spacial score (nSPS) is 10.0. The molecule has 0 aliphatic carbocycles. The Hall–Kier alpha value is -1.59. The quantitative estimate of drug-likeness (QED) is 0.479. The molecule has 13 heavy (non-hydrogen) atoms. The van der Waals surface area contributed by atoms with Crippen molar-refractivity contribution in [2.24, 2.45) is 4.99 Å². The van der Waals surface area contributed by atoms with Gasteiger partial charge in [-0.15, -0.1) is 5.73 Å². The molecule has 0 atom stereocenters. The maximum absolute atomic E-state index is 3.99. The molecule has 0 saturated carbocycles. The molecule has 0 aliphatic rings. The van der Waals surface area contributed by atoms with Gasteiger partial charge in [-0.05, 0) is 35.8 Å². The van der Waals surface area contributed by atoms with Gasteiger partial charge < -0.3 is 0 Å². The second-order valence-corrected chi connectivity index (χ2v) is 2.85. The first-order valence-corrected chi connectivity index (χ1v) is 4.16. The molecule has 0 spiro atoms. The molecular formula is C12H13N. The van der Waals surface area contributed by atoms with E-state index in [-0.39, 0.29) is 0 Å². The summed E-state index contributed by atoms with van der Waals surface area (Å²) in [5, 5.41) is 0. The molecule has 1 nitrogen and oxygen atoms in total. The number of hydrogen-bond acceptors (Lipinski definition) is 1. The van der Waals surface area contributed by atoms with E-state index in [1.165, 1.54) is 5.56 Å². The molecule has 0 bridgehead atoms. The van der Waals surface area contributed by atoms with Crippen LogP contribution < -0.4 is 0 Å². The standard InChI is InChI=1S/C12H13N/c1-4-5-11-7-6-10(2)12(8-11)9-13-3/h5-9H,1H2,2-3H3/b13-9-. The second-order valence-electron chi connectivity index (χ2n) is 2.85. The second kappa shape index (κ2) is 4.44. The van der Waals surface area contributed by atoms with E-state index in [0.717, 1.165) is 11.1 Å². The fraction of sp³-hybridized carbons (Fsp3) is 0.167. The Morgan fingerprint density at radius 2 is 2.23 bits per heavy atom. The van der Waals surface area contributed by atoms with Crippen molar-refractivity contribution in [1.29, 1.82) is 0 Å². The SMILES string of the molecule is C=C=Cc1ccc(C)c(/C=N\C)c1. The van der Waals surface area contributed by atoms with E-state index in [0.29, 0.717) is 0 Å². The van der Waals surface area contributed by atoms with Crippen LogP contribution in [0.2, 0.25) is 0 Å². The Morgan fingerprint density at radius 3 is 2.85 bits per heavy atom. The highest BCUT2D eigenvalue weighted by Gasteiger charge is 1.94. The molecule has 0 N–H and O–H groups in total. The van der Waals surface area contributed by atoms with Gasteiger partial charge in [0.15, 0.2) is 0 Å². The monoisotopic (exact) mass is 171 g/mol. The van der Waals surface area contributed by atoms with Crippen LogP contribution in [-0.2, 0) is 0 Å². The van der Waals surface area contributed by atoms with E-state index in [9.17, 15) is 0 Å². The molecule has 0 unspecified atom stereocenters. The van der Waals surface area contributed by atoms with Gasteiger partial charge in [0.2, 0.25) is 0 Å². The molecule has 0 aromatic heterocycles. The highest BCUT2D eigenvalue weighted by molar-refractivity contribution is 5.82. The van der Waals surface area contributed by atoms with Crippen molar-refractivity contribution in [1.82, 2.24) is 0 Å². The molecule has 0 fully saturated rings. The number of nitrogens with zero attached hydrogens (tertiary/aromatic N) is 1. The zero-order valence-electron chi connectivity index (χ0n) is 8.04. The Bertz CT molecular complexity index is 369. The third kappa shape index (κ3) is 2.43. The van der Waals surface area contributed by atoms with Gasteiger partial charge in [-0.2, -0.15) is 0 Å².